The van der Waals surface area contributed by atoms with Crippen LogP contribution in [0.25, 0.3) is 0 Å². The van der Waals surface area contributed by atoms with E-state index in [-0.39, 0.29) is 18.9 Å². The molecular weight excluding hydrogens is 1320 g/mol. The quantitative estimate of drug-likeness (QED) is 0.0199. The first kappa shape index (κ1) is 93.6. The van der Waals surface area contributed by atoms with Crippen molar-refractivity contribution in [1.29, 1.82) is 0 Å². The Labute approximate surface area is 625 Å². The molecule has 3 saturated heterocycles. The van der Waals surface area contributed by atoms with E-state index in [0.29, 0.717) is 12.8 Å². The standard InChI is InChI=1S/C85H139NO18/c1-3-5-7-9-11-13-15-17-19-21-23-24-25-26-27-28-29-30-31-32-33-34-35-36-37-38-39-40-41-42-43-44-45-47-49-51-53-55-57-59-61-63-73(91)86-68(69(90)62-60-58-56-54-52-50-48-46-22-20-18-16-14-12-10-8-6-4-2)67-99-83-79(97)76(94)81(71(65-88)101-83)104-85-80(98)77(95)82(72(66-89)102-85)103-84-78(96)75(93)74(92)70(64-87)100-84/h5,7,11,13,17,19,22-24,26-27,29-30,32-33,35-36,38-39,41-42,46,52,54,60,62,68-72,74-85,87-90,92-98H,3-4,6,8-10,12,14-16,18,20-21,25,28,31,34,37,40,43-45,47-51,53,55-59,61,63-67H2,1-2H3,(H,86,91)/b7-5-,13-11-,19-17-,24-23-,27-26-,30-29-,33-32-,36-35-,39-38-,42-41-,46-22+,54-52+,62-60+. The first-order valence-corrected chi connectivity index (χ1v) is 39.7. The second-order valence-corrected chi connectivity index (χ2v) is 27.4. The van der Waals surface area contributed by atoms with Gasteiger partial charge in [0.15, 0.2) is 18.9 Å². The predicted molar refractivity (Wildman–Crippen MR) is 415 cm³/mol. The van der Waals surface area contributed by atoms with Crippen molar-refractivity contribution in [3.8, 4) is 0 Å². The van der Waals surface area contributed by atoms with E-state index >= 15 is 0 Å². The Morgan fingerprint density at radius 1 is 0.356 bits per heavy atom. The van der Waals surface area contributed by atoms with E-state index in [0.717, 1.165) is 122 Å². The molecule has 0 spiro atoms. The average molecular weight is 1460 g/mol. The molecule has 104 heavy (non-hydrogen) atoms. The third-order valence-electron chi connectivity index (χ3n) is 18.5. The van der Waals surface area contributed by atoms with E-state index in [1.54, 1.807) is 6.08 Å². The highest BCUT2D eigenvalue weighted by molar-refractivity contribution is 5.76. The molecule has 12 N–H and O–H groups in total. The average Bonchev–Trinajstić information content (AvgIpc) is 0.783. The Balaban J connectivity index is 1.35. The van der Waals surface area contributed by atoms with E-state index in [1.807, 2.05) is 6.08 Å². The number of hydrogen-bond acceptors (Lipinski definition) is 18. The topological polar surface area (TPSA) is 307 Å². The number of carbonyl (C=O) groups excluding carboxylic acids is 1. The molecule has 0 aliphatic carbocycles. The van der Waals surface area contributed by atoms with Crippen LogP contribution in [0.15, 0.2) is 158 Å². The van der Waals surface area contributed by atoms with Gasteiger partial charge in [-0.25, -0.2) is 0 Å². The van der Waals surface area contributed by atoms with Gasteiger partial charge in [-0.3, -0.25) is 4.79 Å². The number of aliphatic hydroxyl groups excluding tert-OH is 11. The highest BCUT2D eigenvalue weighted by Crippen LogP contribution is 2.33. The molecule has 17 atom stereocenters. The van der Waals surface area contributed by atoms with Crippen molar-refractivity contribution in [2.24, 2.45) is 0 Å². The van der Waals surface area contributed by atoms with Crippen LogP contribution in [0.2, 0.25) is 0 Å². The van der Waals surface area contributed by atoms with Gasteiger partial charge >= 0.3 is 0 Å². The Morgan fingerprint density at radius 3 is 1.08 bits per heavy atom. The van der Waals surface area contributed by atoms with Crippen LogP contribution in [0.3, 0.4) is 0 Å². The molecule has 19 heteroatoms. The summed E-state index contributed by atoms with van der Waals surface area (Å²) < 4.78 is 34.4. The number of unbranched alkanes of at least 4 members (excludes halogenated alkanes) is 20. The second-order valence-electron chi connectivity index (χ2n) is 27.4. The minimum atomic E-state index is -1.99. The minimum Gasteiger partial charge on any atom is -0.394 e. The van der Waals surface area contributed by atoms with Gasteiger partial charge in [0.2, 0.25) is 5.91 Å². The first-order valence-electron chi connectivity index (χ1n) is 39.7. The monoisotopic (exact) mass is 1460 g/mol. The number of hydrogen-bond donors (Lipinski definition) is 12. The number of ether oxygens (including phenoxy) is 6. The fraction of sp³-hybridized carbons (Fsp3) is 0.682. The van der Waals surface area contributed by atoms with E-state index in [9.17, 15) is 61.0 Å². The summed E-state index contributed by atoms with van der Waals surface area (Å²) >= 11 is 0. The van der Waals surface area contributed by atoms with Crippen molar-refractivity contribution in [2.45, 2.75) is 343 Å². The van der Waals surface area contributed by atoms with E-state index in [1.165, 1.54) is 83.5 Å². The SMILES string of the molecule is CC/C=C\C/C=C\C/C=C\C/C=C\C/C=C\C/C=C\C/C=C\C/C=C\C/C=C\C/C=C\CCCCCCCCCCCCC(=O)NC(COC1OC(CO)C(OC2OC(CO)C(OC3OC(CO)C(O)C(O)C3O)C(O)C2O)C(O)C1O)C(O)/C=C/CC/C=C/CC/C=C/CCCCCCCCCC. The summed E-state index contributed by atoms with van der Waals surface area (Å²) in [6, 6.07) is -1.01. The zero-order chi connectivity index (χ0) is 75.3. The molecule has 3 heterocycles. The van der Waals surface area contributed by atoms with Gasteiger partial charge in [0, 0.05) is 6.42 Å². The van der Waals surface area contributed by atoms with Gasteiger partial charge in [0.05, 0.1) is 38.6 Å². The Hall–Kier alpha value is -4.59. The lowest BCUT2D eigenvalue weighted by Gasteiger charge is -2.48. The molecule has 3 rings (SSSR count). The van der Waals surface area contributed by atoms with Crippen molar-refractivity contribution in [1.82, 2.24) is 5.32 Å². The summed E-state index contributed by atoms with van der Waals surface area (Å²) in [5, 5.41) is 121. The summed E-state index contributed by atoms with van der Waals surface area (Å²) in [5.74, 6) is -0.301. The predicted octanol–water partition coefficient (Wildman–Crippen LogP) is 13.2. The van der Waals surface area contributed by atoms with Gasteiger partial charge in [-0.15, -0.1) is 0 Å². The van der Waals surface area contributed by atoms with Crippen molar-refractivity contribution in [2.75, 3.05) is 26.4 Å². The maximum atomic E-state index is 13.5. The van der Waals surface area contributed by atoms with Crippen LogP contribution in [0.1, 0.15) is 239 Å². The minimum absolute atomic E-state index is 0.217. The maximum absolute atomic E-state index is 13.5. The van der Waals surface area contributed by atoms with Gasteiger partial charge in [-0.05, 0) is 122 Å². The highest BCUT2D eigenvalue weighted by Gasteiger charge is 2.53. The van der Waals surface area contributed by atoms with Gasteiger partial charge < -0.3 is 89.9 Å². The largest absolute Gasteiger partial charge is 0.394 e. The second kappa shape index (κ2) is 63.3. The van der Waals surface area contributed by atoms with Crippen molar-refractivity contribution < 1.29 is 89.4 Å². The molecule has 0 saturated carbocycles. The maximum Gasteiger partial charge on any atom is 0.220 e. The van der Waals surface area contributed by atoms with Gasteiger partial charge in [-0.2, -0.15) is 0 Å². The van der Waals surface area contributed by atoms with Gasteiger partial charge in [0.1, 0.15) is 73.2 Å². The third kappa shape index (κ3) is 42.8. The van der Waals surface area contributed by atoms with Crippen LogP contribution in [-0.4, -0.2) is 193 Å². The fourth-order valence-corrected chi connectivity index (χ4v) is 12.2. The molecule has 0 aromatic heterocycles. The molecule has 0 aromatic rings. The summed E-state index contributed by atoms with van der Waals surface area (Å²) in [4.78, 5) is 13.5. The molecule has 3 fully saturated rings. The molecule has 19 nitrogen and oxygen atoms in total. The van der Waals surface area contributed by atoms with Crippen LogP contribution < -0.4 is 5.32 Å². The lowest BCUT2D eigenvalue weighted by atomic mass is 9.96. The lowest BCUT2D eigenvalue weighted by Crippen LogP contribution is -2.66. The highest BCUT2D eigenvalue weighted by atomic mass is 16.8. The Morgan fingerprint density at radius 2 is 0.673 bits per heavy atom. The molecule has 592 valence electrons. The number of carbonyl (C=O) groups is 1. The molecule has 3 aliphatic heterocycles. The van der Waals surface area contributed by atoms with Crippen LogP contribution in [-0.2, 0) is 33.2 Å². The summed E-state index contributed by atoms with van der Waals surface area (Å²) in [6.07, 6.45) is 66.5. The third-order valence-corrected chi connectivity index (χ3v) is 18.5. The van der Waals surface area contributed by atoms with Crippen LogP contribution >= 0.6 is 0 Å². The fourth-order valence-electron chi connectivity index (χ4n) is 12.2. The van der Waals surface area contributed by atoms with Crippen molar-refractivity contribution in [3.05, 3.63) is 158 Å². The van der Waals surface area contributed by atoms with Crippen LogP contribution in [0.4, 0.5) is 0 Å². The molecular formula is C85H139NO18. The molecule has 0 radical (unpaired) electrons. The summed E-state index contributed by atoms with van der Waals surface area (Å²) in [7, 11) is 0. The van der Waals surface area contributed by atoms with E-state index in [2.05, 4.69) is 165 Å². The molecule has 1 amide bonds. The smallest absolute Gasteiger partial charge is 0.220 e. The normalized spacial score (nSPS) is 26.8. The zero-order valence-corrected chi connectivity index (χ0v) is 63.2. The van der Waals surface area contributed by atoms with Gasteiger partial charge in [0.25, 0.3) is 0 Å². The molecule has 0 aromatic carbocycles. The van der Waals surface area contributed by atoms with Crippen LogP contribution in [0.5, 0.6) is 0 Å². The molecule has 0 bridgehead atoms. The van der Waals surface area contributed by atoms with E-state index in [4.69, 9.17) is 28.4 Å². The van der Waals surface area contributed by atoms with Crippen molar-refractivity contribution in [3.63, 3.8) is 0 Å². The number of rotatable bonds is 60. The van der Waals surface area contributed by atoms with Crippen molar-refractivity contribution >= 4 is 5.91 Å². The first-order chi connectivity index (χ1) is 50.8. The zero-order valence-electron chi connectivity index (χ0n) is 63.2. The van der Waals surface area contributed by atoms with E-state index < -0.39 is 124 Å². The molecule has 17 unspecified atom stereocenters. The number of amides is 1. The van der Waals surface area contributed by atoms with Gasteiger partial charge in [-0.1, -0.05) is 268 Å². The number of aliphatic hydroxyl groups is 11. The molecule has 3 aliphatic rings. The van der Waals surface area contributed by atoms with Crippen LogP contribution in [0, 0.1) is 0 Å². The summed E-state index contributed by atoms with van der Waals surface area (Å²) in [6.45, 7) is 1.57. The Bertz CT molecular complexity index is 2500. The number of nitrogens with one attached hydrogen (secondary N) is 1. The number of allylic oxidation sites excluding steroid dienone is 25. The lowest BCUT2D eigenvalue weighted by molar-refractivity contribution is -0.379. The summed E-state index contributed by atoms with van der Waals surface area (Å²) in [5.41, 5.74) is 0. The Kier molecular flexibility index (Phi) is 57.0.